The summed E-state index contributed by atoms with van der Waals surface area (Å²) in [6.07, 6.45) is -5.38. The number of rotatable bonds is 6. The van der Waals surface area contributed by atoms with Crippen molar-refractivity contribution >= 4 is 0 Å². The molecule has 0 aromatic heterocycles. The van der Waals surface area contributed by atoms with Gasteiger partial charge in [0, 0.05) is 5.56 Å². The second-order valence-corrected chi connectivity index (χ2v) is 7.04. The van der Waals surface area contributed by atoms with E-state index in [4.69, 9.17) is 9.47 Å². The number of phenolic OH excluding ortho intramolecular Hbond substituents is 1. The highest BCUT2D eigenvalue weighted by molar-refractivity contribution is 5.46. The van der Waals surface area contributed by atoms with Crippen LogP contribution < -0.4 is 4.74 Å². The van der Waals surface area contributed by atoms with E-state index in [1.807, 2.05) is 30.3 Å². The molecule has 1 aliphatic rings. The van der Waals surface area contributed by atoms with E-state index in [9.17, 15) is 25.5 Å². The molecule has 0 amide bonds. The zero-order chi connectivity index (χ0) is 20.3. The Hall–Kier alpha value is -2.16. The minimum Gasteiger partial charge on any atom is -0.508 e. The van der Waals surface area contributed by atoms with E-state index in [-0.39, 0.29) is 5.75 Å². The lowest BCUT2D eigenvalue weighted by Gasteiger charge is -2.39. The third-order valence-electron chi connectivity index (χ3n) is 5.03. The lowest BCUT2D eigenvalue weighted by atomic mass is 9.99. The van der Waals surface area contributed by atoms with E-state index < -0.39 is 37.3 Å². The van der Waals surface area contributed by atoms with Gasteiger partial charge in [-0.2, -0.15) is 0 Å². The molecule has 7 heteroatoms. The Morgan fingerprint density at radius 1 is 0.929 bits per heavy atom. The highest BCUT2D eigenvalue weighted by Gasteiger charge is 2.44. The first kappa shape index (κ1) is 20.6. The number of aromatic hydroxyl groups is 1. The first-order chi connectivity index (χ1) is 13.4. The van der Waals surface area contributed by atoms with Crippen molar-refractivity contribution in [3.63, 3.8) is 0 Å². The number of hydrogen-bond donors (Lipinski definition) is 5. The van der Waals surface area contributed by atoms with Gasteiger partial charge in [-0.05, 0) is 43.0 Å². The summed E-state index contributed by atoms with van der Waals surface area (Å²) in [5.41, 5.74) is 2.46. The third kappa shape index (κ3) is 4.45. The quantitative estimate of drug-likeness (QED) is 0.492. The van der Waals surface area contributed by atoms with Gasteiger partial charge in [0.15, 0.2) is 0 Å². The molecule has 1 heterocycles. The van der Waals surface area contributed by atoms with Gasteiger partial charge in [0.25, 0.3) is 0 Å². The van der Waals surface area contributed by atoms with E-state index in [0.717, 1.165) is 12.0 Å². The van der Waals surface area contributed by atoms with Crippen LogP contribution in [0.15, 0.2) is 42.5 Å². The SMILES string of the molecule is Cc1c(O)cc(CCc2ccccc2)cc1OC1OC(CO)C(O)C(O)C1O. The fourth-order valence-electron chi connectivity index (χ4n) is 3.22. The smallest absolute Gasteiger partial charge is 0.229 e. The monoisotopic (exact) mass is 390 g/mol. The van der Waals surface area contributed by atoms with Crippen molar-refractivity contribution in [3.05, 3.63) is 59.2 Å². The lowest BCUT2D eigenvalue weighted by Crippen LogP contribution is -2.60. The van der Waals surface area contributed by atoms with Gasteiger partial charge in [-0.1, -0.05) is 30.3 Å². The molecule has 2 aromatic carbocycles. The first-order valence-electron chi connectivity index (χ1n) is 9.24. The van der Waals surface area contributed by atoms with Crippen LogP contribution in [-0.4, -0.2) is 62.8 Å². The van der Waals surface area contributed by atoms with E-state index >= 15 is 0 Å². The Bertz CT molecular complexity index is 778. The van der Waals surface area contributed by atoms with Gasteiger partial charge >= 0.3 is 0 Å². The maximum absolute atomic E-state index is 10.3. The lowest BCUT2D eigenvalue weighted by molar-refractivity contribution is -0.277. The van der Waals surface area contributed by atoms with Crippen molar-refractivity contribution in [2.24, 2.45) is 0 Å². The number of benzene rings is 2. The number of phenols is 1. The minimum absolute atomic E-state index is 0.0464. The summed E-state index contributed by atoms with van der Waals surface area (Å²) in [5, 5.41) is 49.5. The second kappa shape index (κ2) is 8.89. The van der Waals surface area contributed by atoms with Crippen LogP contribution in [0.1, 0.15) is 16.7 Å². The molecule has 0 aliphatic carbocycles. The summed E-state index contributed by atoms with van der Waals surface area (Å²) in [4.78, 5) is 0. The van der Waals surface area contributed by atoms with Crippen LogP contribution in [0.5, 0.6) is 11.5 Å². The molecule has 152 valence electrons. The molecule has 5 unspecified atom stereocenters. The van der Waals surface area contributed by atoms with E-state index in [1.54, 1.807) is 19.1 Å². The largest absolute Gasteiger partial charge is 0.508 e. The topological polar surface area (TPSA) is 120 Å². The molecule has 0 bridgehead atoms. The molecule has 1 aliphatic heterocycles. The highest BCUT2D eigenvalue weighted by atomic mass is 16.7. The molecule has 1 saturated heterocycles. The Kier molecular flexibility index (Phi) is 6.53. The van der Waals surface area contributed by atoms with Gasteiger partial charge < -0.3 is 35.0 Å². The number of aliphatic hydroxyl groups excluding tert-OH is 4. The normalized spacial score (nSPS) is 27.5. The zero-order valence-corrected chi connectivity index (χ0v) is 15.6. The van der Waals surface area contributed by atoms with Gasteiger partial charge in [0.1, 0.15) is 35.9 Å². The van der Waals surface area contributed by atoms with Crippen molar-refractivity contribution in [1.82, 2.24) is 0 Å². The number of hydrogen-bond acceptors (Lipinski definition) is 7. The summed E-state index contributed by atoms with van der Waals surface area (Å²) in [6, 6.07) is 13.4. The van der Waals surface area contributed by atoms with Gasteiger partial charge in [0.05, 0.1) is 6.61 Å². The van der Waals surface area contributed by atoms with Crippen molar-refractivity contribution in [1.29, 1.82) is 0 Å². The maximum atomic E-state index is 10.3. The fourth-order valence-corrected chi connectivity index (χ4v) is 3.22. The maximum Gasteiger partial charge on any atom is 0.229 e. The Morgan fingerprint density at radius 3 is 2.29 bits per heavy atom. The molecule has 0 saturated carbocycles. The molecule has 1 fully saturated rings. The van der Waals surface area contributed by atoms with Crippen molar-refractivity contribution in [3.8, 4) is 11.5 Å². The Morgan fingerprint density at radius 2 is 1.61 bits per heavy atom. The van der Waals surface area contributed by atoms with Gasteiger partial charge in [-0.3, -0.25) is 0 Å². The number of aryl methyl sites for hydroxylation is 2. The minimum atomic E-state index is -1.52. The van der Waals surface area contributed by atoms with Crippen molar-refractivity contribution < 1.29 is 35.0 Å². The number of aliphatic hydroxyl groups is 4. The third-order valence-corrected chi connectivity index (χ3v) is 5.03. The average Bonchev–Trinajstić information content (AvgIpc) is 2.71. The summed E-state index contributed by atoms with van der Waals surface area (Å²) < 4.78 is 11.1. The molecule has 5 N–H and O–H groups in total. The Balaban J connectivity index is 1.76. The van der Waals surface area contributed by atoms with E-state index in [0.29, 0.717) is 17.7 Å². The van der Waals surface area contributed by atoms with Gasteiger partial charge in [0.2, 0.25) is 6.29 Å². The highest BCUT2D eigenvalue weighted by Crippen LogP contribution is 2.32. The van der Waals surface area contributed by atoms with Gasteiger partial charge in [-0.15, -0.1) is 0 Å². The molecule has 0 radical (unpaired) electrons. The van der Waals surface area contributed by atoms with Crippen LogP contribution >= 0.6 is 0 Å². The summed E-state index contributed by atoms with van der Waals surface area (Å²) in [5.74, 6) is 0.345. The summed E-state index contributed by atoms with van der Waals surface area (Å²) in [7, 11) is 0. The van der Waals surface area contributed by atoms with Gasteiger partial charge in [-0.25, -0.2) is 0 Å². The zero-order valence-electron chi connectivity index (χ0n) is 15.6. The predicted molar refractivity (Wildman–Crippen MR) is 101 cm³/mol. The van der Waals surface area contributed by atoms with Crippen LogP contribution in [0.4, 0.5) is 0 Å². The van der Waals surface area contributed by atoms with E-state index in [1.165, 1.54) is 5.56 Å². The summed E-state index contributed by atoms with van der Waals surface area (Å²) >= 11 is 0. The first-order valence-corrected chi connectivity index (χ1v) is 9.24. The predicted octanol–water partition coefficient (Wildman–Crippen LogP) is 0.665. The molecular formula is C21H26O7. The van der Waals surface area contributed by atoms with Crippen LogP contribution in [-0.2, 0) is 17.6 Å². The van der Waals surface area contributed by atoms with Crippen LogP contribution in [0.25, 0.3) is 0 Å². The second-order valence-electron chi connectivity index (χ2n) is 7.04. The molecule has 7 nitrogen and oxygen atoms in total. The fraction of sp³-hybridized carbons (Fsp3) is 0.429. The summed E-state index contributed by atoms with van der Waals surface area (Å²) in [6.45, 7) is 1.13. The Labute approximate surface area is 163 Å². The number of ether oxygens (including phenoxy) is 2. The van der Waals surface area contributed by atoms with Crippen LogP contribution in [0.3, 0.4) is 0 Å². The van der Waals surface area contributed by atoms with Crippen molar-refractivity contribution in [2.45, 2.75) is 50.5 Å². The molecular weight excluding hydrogens is 364 g/mol. The molecule has 5 atom stereocenters. The van der Waals surface area contributed by atoms with Crippen LogP contribution in [0, 0.1) is 6.92 Å². The van der Waals surface area contributed by atoms with Crippen molar-refractivity contribution in [2.75, 3.05) is 6.61 Å². The standard InChI is InChI=1S/C21H26O7/c1-12-15(23)9-14(8-7-13-5-3-2-4-6-13)10-16(12)27-21-20(26)19(25)18(24)17(11-22)28-21/h2-6,9-10,17-26H,7-8,11H2,1H3. The molecule has 3 rings (SSSR count). The average molecular weight is 390 g/mol. The molecule has 28 heavy (non-hydrogen) atoms. The molecule has 0 spiro atoms. The van der Waals surface area contributed by atoms with E-state index in [2.05, 4.69) is 0 Å². The van der Waals surface area contributed by atoms with Crippen LogP contribution in [0.2, 0.25) is 0 Å². The molecule has 2 aromatic rings.